The van der Waals surface area contributed by atoms with E-state index < -0.39 is 0 Å². The molecule has 0 aliphatic carbocycles. The topological polar surface area (TPSA) is 72.3 Å². The Hall–Kier alpha value is -2.06. The van der Waals surface area contributed by atoms with Crippen LogP contribution in [0.2, 0.25) is 0 Å². The first-order chi connectivity index (χ1) is 14.1. The lowest BCUT2D eigenvalue weighted by molar-refractivity contribution is -0.120. The molecule has 2 aromatic rings. The van der Waals surface area contributed by atoms with E-state index in [1.807, 2.05) is 25.1 Å². The predicted octanol–water partition coefficient (Wildman–Crippen LogP) is 2.93. The third-order valence-electron chi connectivity index (χ3n) is 5.25. The minimum Gasteiger partial charge on any atom is -0.378 e. The maximum Gasteiger partial charge on any atom is 0.233 e. The number of carbonyl (C=O) groups excluding carboxylic acids is 1. The highest BCUT2D eigenvalue weighted by Crippen LogP contribution is 2.26. The number of morpholine rings is 1. The van der Waals surface area contributed by atoms with Gasteiger partial charge in [-0.2, -0.15) is 0 Å². The maximum atomic E-state index is 12.7. The fourth-order valence-electron chi connectivity index (χ4n) is 3.44. The number of rotatable bonds is 9. The minimum atomic E-state index is -0.240. The van der Waals surface area contributed by atoms with Gasteiger partial charge in [-0.05, 0) is 25.8 Å². The lowest BCUT2D eigenvalue weighted by Gasteiger charge is -2.27. The molecule has 2 heterocycles. The molecule has 0 spiro atoms. The monoisotopic (exact) mass is 417 g/mol. The molecule has 158 valence electrons. The van der Waals surface area contributed by atoms with E-state index in [4.69, 9.17) is 4.74 Å². The molecule has 1 aromatic heterocycles. The average molecular weight is 418 g/mol. The van der Waals surface area contributed by atoms with E-state index in [0.29, 0.717) is 25.7 Å². The van der Waals surface area contributed by atoms with Crippen molar-refractivity contribution in [3.63, 3.8) is 0 Å². The summed E-state index contributed by atoms with van der Waals surface area (Å²) in [6.07, 6.45) is 0.985. The fraction of sp³-hybridized carbons (Fsp3) is 0.571. The van der Waals surface area contributed by atoms with E-state index in [0.717, 1.165) is 37.2 Å². The fourth-order valence-corrected chi connectivity index (χ4v) is 4.38. The quantitative estimate of drug-likeness (QED) is 0.633. The van der Waals surface area contributed by atoms with E-state index in [9.17, 15) is 4.79 Å². The van der Waals surface area contributed by atoms with Gasteiger partial charge in [0, 0.05) is 32.1 Å². The highest BCUT2D eigenvalue weighted by atomic mass is 32.2. The first kappa shape index (κ1) is 21.6. The number of benzene rings is 1. The molecule has 3 rings (SSSR count). The van der Waals surface area contributed by atoms with Gasteiger partial charge >= 0.3 is 0 Å². The van der Waals surface area contributed by atoms with Gasteiger partial charge in [0.25, 0.3) is 0 Å². The van der Waals surface area contributed by atoms with E-state index in [-0.39, 0.29) is 11.2 Å². The summed E-state index contributed by atoms with van der Waals surface area (Å²) >= 11 is 1.46. The first-order valence-corrected chi connectivity index (χ1v) is 11.3. The van der Waals surface area contributed by atoms with E-state index in [1.54, 1.807) is 0 Å². The number of hydrogen-bond acceptors (Lipinski definition) is 6. The van der Waals surface area contributed by atoms with Crippen LogP contribution in [0.1, 0.15) is 38.7 Å². The van der Waals surface area contributed by atoms with Gasteiger partial charge < -0.3 is 15.0 Å². The van der Waals surface area contributed by atoms with E-state index >= 15 is 0 Å². The number of nitrogens with zero attached hydrogens (tertiary/aromatic N) is 4. The van der Waals surface area contributed by atoms with Crippen LogP contribution in [-0.4, -0.2) is 58.8 Å². The Morgan fingerprint density at radius 1 is 1.21 bits per heavy atom. The normalized spacial score (nSPS) is 16.4. The molecule has 29 heavy (non-hydrogen) atoms. The van der Waals surface area contributed by atoms with Gasteiger partial charge in [0.1, 0.15) is 0 Å². The van der Waals surface area contributed by atoms with Crippen molar-refractivity contribution in [3.8, 4) is 0 Å². The third kappa shape index (κ3) is 5.51. The molecule has 8 heteroatoms. The van der Waals surface area contributed by atoms with Crippen LogP contribution in [0.25, 0.3) is 0 Å². The second kappa shape index (κ2) is 10.6. The Balaban J connectivity index is 1.58. The molecule has 1 fully saturated rings. The van der Waals surface area contributed by atoms with Crippen molar-refractivity contribution in [1.82, 2.24) is 20.1 Å². The molecule has 1 amide bonds. The molecule has 7 nitrogen and oxygen atoms in total. The molecule has 0 unspecified atom stereocenters. The van der Waals surface area contributed by atoms with Crippen LogP contribution in [0.3, 0.4) is 0 Å². The summed E-state index contributed by atoms with van der Waals surface area (Å²) in [6.45, 7) is 10.6. The number of amides is 1. The highest BCUT2D eigenvalue weighted by molar-refractivity contribution is 8.00. The van der Waals surface area contributed by atoms with Gasteiger partial charge in [0.05, 0.1) is 18.5 Å². The van der Waals surface area contributed by atoms with Crippen LogP contribution in [0.4, 0.5) is 5.95 Å². The van der Waals surface area contributed by atoms with Gasteiger partial charge in [0.15, 0.2) is 5.16 Å². The summed E-state index contributed by atoms with van der Waals surface area (Å²) in [6, 6.07) is 10.3. The lowest BCUT2D eigenvalue weighted by atomic mass is 9.96. The summed E-state index contributed by atoms with van der Waals surface area (Å²) < 4.78 is 7.51. The molecular weight excluding hydrogens is 386 g/mol. The Bertz CT molecular complexity index is 777. The van der Waals surface area contributed by atoms with Crippen LogP contribution >= 0.6 is 11.8 Å². The summed E-state index contributed by atoms with van der Waals surface area (Å²) in [7, 11) is 0. The molecule has 1 aromatic carbocycles. The van der Waals surface area contributed by atoms with Crippen LogP contribution in [-0.2, 0) is 16.1 Å². The van der Waals surface area contributed by atoms with Crippen molar-refractivity contribution in [2.75, 3.05) is 37.7 Å². The number of aromatic nitrogens is 3. The first-order valence-electron chi connectivity index (χ1n) is 10.4. The SMILES string of the molecule is CC[C@H](CNC(=O)[C@@H](C)Sc1nnc(N2CCOCC2)n1CC)c1ccccc1. The standard InChI is InChI=1S/C21H31N5O2S/c1-4-17(18-9-7-6-8-10-18)15-22-19(27)16(3)29-21-24-23-20(26(21)5-2)25-11-13-28-14-12-25/h6-10,16-17H,4-5,11-15H2,1-3H3,(H,22,27)/t16-,17-/m1/s1. The summed E-state index contributed by atoms with van der Waals surface area (Å²) in [5.74, 6) is 1.22. The van der Waals surface area contributed by atoms with Crippen LogP contribution < -0.4 is 10.2 Å². The Morgan fingerprint density at radius 3 is 2.59 bits per heavy atom. The van der Waals surface area contributed by atoms with Gasteiger partial charge in [-0.15, -0.1) is 10.2 Å². The van der Waals surface area contributed by atoms with Crippen LogP contribution in [0.5, 0.6) is 0 Å². The second-order valence-corrected chi connectivity index (χ2v) is 8.46. The van der Waals surface area contributed by atoms with Crippen molar-refractivity contribution in [1.29, 1.82) is 0 Å². The molecule has 1 aliphatic heterocycles. The van der Waals surface area contributed by atoms with E-state index in [1.165, 1.54) is 17.3 Å². The molecule has 0 saturated carbocycles. The molecule has 1 N–H and O–H groups in total. The molecule has 0 bridgehead atoms. The smallest absolute Gasteiger partial charge is 0.233 e. The molecule has 1 saturated heterocycles. The van der Waals surface area contributed by atoms with Crippen molar-refractivity contribution >= 4 is 23.6 Å². The lowest BCUT2D eigenvalue weighted by Crippen LogP contribution is -2.38. The zero-order valence-electron chi connectivity index (χ0n) is 17.5. The van der Waals surface area contributed by atoms with Crippen molar-refractivity contribution < 1.29 is 9.53 Å². The van der Waals surface area contributed by atoms with Gasteiger partial charge in [-0.25, -0.2) is 0 Å². The molecule has 0 radical (unpaired) electrons. The number of anilines is 1. The van der Waals surface area contributed by atoms with Crippen LogP contribution in [0.15, 0.2) is 35.5 Å². The summed E-state index contributed by atoms with van der Waals surface area (Å²) in [4.78, 5) is 14.9. The van der Waals surface area contributed by atoms with Gasteiger partial charge in [0.2, 0.25) is 11.9 Å². The van der Waals surface area contributed by atoms with Gasteiger partial charge in [-0.1, -0.05) is 49.0 Å². The zero-order valence-corrected chi connectivity index (χ0v) is 18.3. The Kier molecular flexibility index (Phi) is 7.94. The minimum absolute atomic E-state index is 0.0305. The third-order valence-corrected chi connectivity index (χ3v) is 6.33. The maximum absolute atomic E-state index is 12.7. The number of carbonyl (C=O) groups is 1. The highest BCUT2D eigenvalue weighted by Gasteiger charge is 2.23. The number of nitrogens with one attached hydrogen (secondary N) is 1. The second-order valence-electron chi connectivity index (χ2n) is 7.15. The summed E-state index contributed by atoms with van der Waals surface area (Å²) in [5.41, 5.74) is 1.26. The predicted molar refractivity (Wildman–Crippen MR) is 117 cm³/mol. The molecule has 2 atom stereocenters. The summed E-state index contributed by atoms with van der Waals surface area (Å²) in [5, 5.41) is 12.4. The number of thioether (sulfide) groups is 1. The Morgan fingerprint density at radius 2 is 1.93 bits per heavy atom. The van der Waals surface area contributed by atoms with Crippen molar-refractivity contribution in [2.45, 2.75) is 50.1 Å². The molecule has 1 aliphatic rings. The largest absolute Gasteiger partial charge is 0.378 e. The number of ether oxygens (including phenoxy) is 1. The Labute approximate surface area is 177 Å². The average Bonchev–Trinajstić information content (AvgIpc) is 3.17. The van der Waals surface area contributed by atoms with E-state index in [2.05, 4.69) is 51.0 Å². The van der Waals surface area contributed by atoms with Crippen LogP contribution in [0, 0.1) is 0 Å². The van der Waals surface area contributed by atoms with Gasteiger partial charge in [-0.3, -0.25) is 9.36 Å². The van der Waals surface area contributed by atoms with Crippen molar-refractivity contribution in [3.05, 3.63) is 35.9 Å². The van der Waals surface area contributed by atoms with Crippen molar-refractivity contribution in [2.24, 2.45) is 0 Å². The zero-order chi connectivity index (χ0) is 20.6. The number of hydrogen-bond donors (Lipinski definition) is 1. The molecular formula is C21H31N5O2S.